The van der Waals surface area contributed by atoms with Gasteiger partial charge in [0.05, 0.1) is 19.3 Å². The van der Waals surface area contributed by atoms with Gasteiger partial charge in [-0.3, -0.25) is 4.57 Å². The number of aliphatic hydroxyl groups is 1. The second-order valence-electron chi connectivity index (χ2n) is 4.29. The number of rotatable bonds is 9. The van der Waals surface area contributed by atoms with Crippen LogP contribution in [-0.4, -0.2) is 46.0 Å². The van der Waals surface area contributed by atoms with Crippen molar-refractivity contribution in [3.63, 3.8) is 0 Å². The van der Waals surface area contributed by atoms with Gasteiger partial charge in [0.25, 0.3) is 0 Å². The Morgan fingerprint density at radius 1 is 1.59 bits per heavy atom. The highest BCUT2D eigenvalue weighted by Crippen LogP contribution is 2.42. The monoisotopic (exact) mass is 353 g/mol. The Bertz CT molecular complexity index is 583. The van der Waals surface area contributed by atoms with Gasteiger partial charge in [-0.2, -0.15) is 4.98 Å². The van der Waals surface area contributed by atoms with E-state index in [1.54, 1.807) is 0 Å². The van der Waals surface area contributed by atoms with Gasteiger partial charge >= 0.3 is 12.4 Å². The molecule has 1 rings (SSSR count). The molecular weight excluding hydrogens is 333 g/mol. The van der Waals surface area contributed by atoms with E-state index in [1.807, 2.05) is 6.92 Å². The fraction of sp³-hybridized carbons (Fsp3) is 0.636. The molecule has 0 fully saturated rings. The molecule has 0 saturated heterocycles. The lowest BCUT2D eigenvalue weighted by Crippen LogP contribution is -2.34. The smallest absolute Gasteiger partial charge is 0.351 e. The van der Waals surface area contributed by atoms with Crippen molar-refractivity contribution in [2.75, 3.05) is 26.1 Å². The van der Waals surface area contributed by atoms with E-state index in [0.29, 0.717) is 6.42 Å². The number of anilines is 1. The van der Waals surface area contributed by atoms with Crippen molar-refractivity contribution in [1.29, 1.82) is 0 Å². The second kappa shape index (κ2) is 8.68. The van der Waals surface area contributed by atoms with Crippen LogP contribution in [0.15, 0.2) is 17.1 Å². The lowest BCUT2D eigenvalue weighted by Gasteiger charge is -2.25. The maximum atomic E-state index is 11.8. The topological polar surface area (TPSA) is 129 Å². The van der Waals surface area contributed by atoms with E-state index in [-0.39, 0.29) is 12.4 Å². The largest absolute Gasteiger partial charge is 0.392 e. The molecule has 22 heavy (non-hydrogen) atoms. The first-order valence-electron chi connectivity index (χ1n) is 6.47. The van der Waals surface area contributed by atoms with Crippen molar-refractivity contribution in [2.45, 2.75) is 25.7 Å². The summed E-state index contributed by atoms with van der Waals surface area (Å²) in [6.07, 6.45) is 0.427. The Labute approximate surface area is 132 Å². The molecule has 0 saturated carbocycles. The number of nitrogens with two attached hydrogens (primary N) is 1. The molecule has 3 atom stereocenters. The predicted octanol–water partition coefficient (Wildman–Crippen LogP) is -0.00860. The third kappa shape index (κ3) is 5.73. The third-order valence-electron chi connectivity index (χ3n) is 2.78. The van der Waals surface area contributed by atoms with E-state index in [4.69, 9.17) is 26.8 Å². The Morgan fingerprint density at radius 3 is 2.77 bits per heavy atom. The molecule has 0 amide bonds. The van der Waals surface area contributed by atoms with Crippen LogP contribution in [0.1, 0.15) is 19.6 Å². The standard InChI is InChI=1S/C11H20N3O6PS/c1-3-8(7-19-21(17,22)18-2)20-10(6-15)14-5-4-9(12)13-11(14)16/h4-5,8,10,15H,3,6-7H2,1-2H3,(H,17,22)(H2,12,13,16)/t8?,10-,21?/m1/s1. The number of nitrogens with zero attached hydrogens (tertiary/aromatic N) is 2. The van der Waals surface area contributed by atoms with Crippen molar-refractivity contribution >= 4 is 24.3 Å². The minimum absolute atomic E-state index is 0.0359. The van der Waals surface area contributed by atoms with Crippen LogP contribution in [0.3, 0.4) is 0 Å². The number of ether oxygens (including phenoxy) is 1. The Kier molecular flexibility index (Phi) is 7.57. The van der Waals surface area contributed by atoms with Crippen LogP contribution in [0.25, 0.3) is 0 Å². The first-order valence-corrected chi connectivity index (χ1v) is 9.06. The quantitative estimate of drug-likeness (QED) is 0.525. The molecule has 11 heteroatoms. The molecule has 0 radical (unpaired) electrons. The van der Waals surface area contributed by atoms with E-state index < -0.39 is 31.3 Å². The Morgan fingerprint density at radius 2 is 2.27 bits per heavy atom. The summed E-state index contributed by atoms with van der Waals surface area (Å²) in [5, 5.41) is 9.42. The van der Waals surface area contributed by atoms with Crippen molar-refractivity contribution in [2.24, 2.45) is 0 Å². The van der Waals surface area contributed by atoms with Gasteiger partial charge in [-0.25, -0.2) is 4.79 Å². The summed E-state index contributed by atoms with van der Waals surface area (Å²) in [4.78, 5) is 24.9. The predicted molar refractivity (Wildman–Crippen MR) is 83.7 cm³/mol. The number of hydrogen-bond donors (Lipinski definition) is 3. The molecule has 4 N–H and O–H groups in total. The number of nitrogen functional groups attached to an aromatic ring is 1. The van der Waals surface area contributed by atoms with E-state index >= 15 is 0 Å². The molecule has 126 valence electrons. The van der Waals surface area contributed by atoms with E-state index in [2.05, 4.69) is 9.51 Å². The lowest BCUT2D eigenvalue weighted by atomic mass is 10.3. The first kappa shape index (κ1) is 19.2. The molecule has 0 spiro atoms. The summed E-state index contributed by atoms with van der Waals surface area (Å²) >= 11 is 4.72. The van der Waals surface area contributed by atoms with Crippen LogP contribution in [0.4, 0.5) is 5.82 Å². The summed E-state index contributed by atoms with van der Waals surface area (Å²) < 4.78 is 16.5. The molecular formula is C11H20N3O6PS. The molecule has 0 aliphatic carbocycles. The second-order valence-corrected chi connectivity index (χ2v) is 7.24. The zero-order valence-electron chi connectivity index (χ0n) is 12.3. The van der Waals surface area contributed by atoms with Crippen LogP contribution in [0, 0.1) is 0 Å². The average molecular weight is 353 g/mol. The average Bonchev–Trinajstić information content (AvgIpc) is 2.48. The molecule has 1 aromatic heterocycles. The highest BCUT2D eigenvalue weighted by Gasteiger charge is 2.21. The molecule has 0 bridgehead atoms. The van der Waals surface area contributed by atoms with Crippen LogP contribution in [-0.2, 0) is 25.6 Å². The molecule has 0 aliphatic heterocycles. The van der Waals surface area contributed by atoms with Gasteiger partial charge in [0, 0.05) is 13.3 Å². The van der Waals surface area contributed by atoms with Gasteiger partial charge in [-0.15, -0.1) is 0 Å². The van der Waals surface area contributed by atoms with Crippen LogP contribution in [0.5, 0.6) is 0 Å². The lowest BCUT2D eigenvalue weighted by molar-refractivity contribution is -0.0969. The van der Waals surface area contributed by atoms with Crippen LogP contribution >= 0.6 is 6.72 Å². The summed E-state index contributed by atoms with van der Waals surface area (Å²) in [7, 11) is 1.25. The Hall–Kier alpha value is -0.870. The minimum atomic E-state index is -3.29. The summed E-state index contributed by atoms with van der Waals surface area (Å²) in [5.74, 6) is 0.0781. The van der Waals surface area contributed by atoms with Gasteiger partial charge in [-0.1, -0.05) is 6.92 Å². The van der Waals surface area contributed by atoms with E-state index in [9.17, 15) is 14.8 Å². The maximum absolute atomic E-state index is 11.8. The van der Waals surface area contributed by atoms with Gasteiger partial charge in [0.2, 0.25) is 0 Å². The zero-order chi connectivity index (χ0) is 16.8. The van der Waals surface area contributed by atoms with Crippen LogP contribution in [0.2, 0.25) is 0 Å². The maximum Gasteiger partial charge on any atom is 0.351 e. The van der Waals surface area contributed by atoms with Crippen molar-refractivity contribution in [3.05, 3.63) is 22.7 Å². The number of aliphatic hydroxyl groups excluding tert-OH is 1. The number of aromatic nitrogens is 2. The van der Waals surface area contributed by atoms with Gasteiger partial charge in [-0.05, 0) is 24.3 Å². The normalized spacial score (nSPS) is 16.9. The SMILES string of the molecule is CCC(COP(O)(=S)OC)O[C@H](CO)n1ccc(N)nc1=O. The summed E-state index contributed by atoms with van der Waals surface area (Å²) in [6, 6.07) is 1.42. The zero-order valence-corrected chi connectivity index (χ0v) is 14.0. The minimum Gasteiger partial charge on any atom is -0.392 e. The molecule has 2 unspecified atom stereocenters. The summed E-state index contributed by atoms with van der Waals surface area (Å²) in [6.45, 7) is -1.95. The fourth-order valence-electron chi connectivity index (χ4n) is 1.55. The van der Waals surface area contributed by atoms with Crippen molar-refractivity contribution < 1.29 is 23.8 Å². The van der Waals surface area contributed by atoms with E-state index in [0.717, 1.165) is 4.57 Å². The van der Waals surface area contributed by atoms with Gasteiger partial charge < -0.3 is 29.5 Å². The molecule has 0 aromatic carbocycles. The van der Waals surface area contributed by atoms with Crippen molar-refractivity contribution in [3.8, 4) is 0 Å². The highest BCUT2D eigenvalue weighted by molar-refractivity contribution is 8.07. The summed E-state index contributed by atoms with van der Waals surface area (Å²) in [5.41, 5.74) is 4.77. The van der Waals surface area contributed by atoms with Crippen molar-refractivity contribution in [1.82, 2.24) is 9.55 Å². The molecule has 9 nitrogen and oxygen atoms in total. The molecule has 1 aromatic rings. The third-order valence-corrected chi connectivity index (χ3v) is 4.48. The molecule has 0 aliphatic rings. The fourth-order valence-corrected chi connectivity index (χ4v) is 2.19. The first-order chi connectivity index (χ1) is 10.3. The van der Waals surface area contributed by atoms with Crippen LogP contribution < -0.4 is 11.4 Å². The van der Waals surface area contributed by atoms with Gasteiger partial charge in [0.15, 0.2) is 6.23 Å². The molecule has 1 heterocycles. The number of hydrogen-bond acceptors (Lipinski definition) is 8. The Balaban J connectivity index is 2.78. The highest BCUT2D eigenvalue weighted by atomic mass is 32.5. The van der Waals surface area contributed by atoms with E-state index in [1.165, 1.54) is 19.4 Å². The van der Waals surface area contributed by atoms with Gasteiger partial charge in [0.1, 0.15) is 5.82 Å².